The number of hydrogen-bond donors (Lipinski definition) is 2. The Balaban J connectivity index is 2.28. The molecule has 0 aliphatic heterocycles. The molecule has 78 valence electrons. The fourth-order valence-electron chi connectivity index (χ4n) is 1.93. The van der Waals surface area contributed by atoms with Crippen molar-refractivity contribution in [3.8, 4) is 0 Å². The number of aliphatic hydroxyl groups excluding tert-OH is 1. The van der Waals surface area contributed by atoms with Crippen molar-refractivity contribution < 1.29 is 5.11 Å². The SMILES string of the molecule is CC(CCO)NC(C(C)C)C1CC1. The molecule has 0 spiro atoms. The van der Waals surface area contributed by atoms with Crippen molar-refractivity contribution in [1.29, 1.82) is 0 Å². The van der Waals surface area contributed by atoms with Gasteiger partial charge in [-0.25, -0.2) is 0 Å². The van der Waals surface area contributed by atoms with Crippen LogP contribution in [0.25, 0.3) is 0 Å². The highest BCUT2D eigenvalue weighted by atomic mass is 16.3. The zero-order chi connectivity index (χ0) is 9.84. The van der Waals surface area contributed by atoms with Gasteiger partial charge in [-0.2, -0.15) is 0 Å². The molecule has 0 aromatic carbocycles. The maximum Gasteiger partial charge on any atom is 0.0445 e. The van der Waals surface area contributed by atoms with Crippen LogP contribution in [0.2, 0.25) is 0 Å². The summed E-state index contributed by atoms with van der Waals surface area (Å²) in [5, 5.41) is 12.4. The molecular weight excluding hydrogens is 162 g/mol. The van der Waals surface area contributed by atoms with Crippen LogP contribution in [-0.4, -0.2) is 23.8 Å². The predicted octanol–water partition coefficient (Wildman–Crippen LogP) is 1.78. The Hall–Kier alpha value is -0.0800. The number of nitrogens with one attached hydrogen (secondary N) is 1. The molecule has 0 aromatic rings. The van der Waals surface area contributed by atoms with Gasteiger partial charge in [-0.05, 0) is 38.0 Å². The summed E-state index contributed by atoms with van der Waals surface area (Å²) in [6, 6.07) is 1.12. The second-order valence-corrected chi connectivity index (χ2v) is 4.69. The average molecular weight is 185 g/mol. The van der Waals surface area contributed by atoms with Gasteiger partial charge in [0.25, 0.3) is 0 Å². The van der Waals surface area contributed by atoms with Crippen LogP contribution in [0.5, 0.6) is 0 Å². The van der Waals surface area contributed by atoms with E-state index >= 15 is 0 Å². The van der Waals surface area contributed by atoms with E-state index in [0.29, 0.717) is 24.6 Å². The van der Waals surface area contributed by atoms with Crippen LogP contribution in [0.1, 0.15) is 40.0 Å². The van der Waals surface area contributed by atoms with Crippen molar-refractivity contribution >= 4 is 0 Å². The first-order valence-electron chi connectivity index (χ1n) is 5.52. The van der Waals surface area contributed by atoms with Gasteiger partial charge >= 0.3 is 0 Å². The molecule has 0 aromatic heterocycles. The summed E-state index contributed by atoms with van der Waals surface area (Å²) in [5.74, 6) is 1.62. The fourth-order valence-corrected chi connectivity index (χ4v) is 1.93. The molecule has 1 saturated carbocycles. The van der Waals surface area contributed by atoms with E-state index in [4.69, 9.17) is 5.11 Å². The maximum atomic E-state index is 8.80. The Labute approximate surface area is 81.7 Å². The highest BCUT2D eigenvalue weighted by Crippen LogP contribution is 2.35. The molecular formula is C11H23NO. The van der Waals surface area contributed by atoms with Crippen molar-refractivity contribution in [1.82, 2.24) is 5.32 Å². The summed E-state index contributed by atoms with van der Waals surface area (Å²) in [6.07, 6.45) is 3.65. The van der Waals surface area contributed by atoms with E-state index in [1.807, 2.05) is 0 Å². The molecule has 1 aliphatic carbocycles. The van der Waals surface area contributed by atoms with Crippen LogP contribution in [0.4, 0.5) is 0 Å². The summed E-state index contributed by atoms with van der Waals surface area (Å²) < 4.78 is 0. The molecule has 1 fully saturated rings. The molecule has 0 saturated heterocycles. The zero-order valence-electron chi connectivity index (χ0n) is 9.09. The third-order valence-electron chi connectivity index (χ3n) is 2.89. The van der Waals surface area contributed by atoms with Crippen LogP contribution in [0.3, 0.4) is 0 Å². The van der Waals surface area contributed by atoms with Gasteiger partial charge < -0.3 is 10.4 Å². The minimum Gasteiger partial charge on any atom is -0.396 e. The lowest BCUT2D eigenvalue weighted by Crippen LogP contribution is -2.41. The first kappa shape index (κ1) is 11.0. The van der Waals surface area contributed by atoms with Crippen LogP contribution in [0, 0.1) is 11.8 Å². The Kier molecular flexibility index (Phi) is 4.20. The van der Waals surface area contributed by atoms with Crippen LogP contribution < -0.4 is 5.32 Å². The molecule has 0 heterocycles. The Bertz CT molecular complexity index is 141. The number of rotatable bonds is 6. The number of aliphatic hydroxyl groups is 1. The topological polar surface area (TPSA) is 32.3 Å². The van der Waals surface area contributed by atoms with Crippen molar-refractivity contribution in [2.45, 2.75) is 52.1 Å². The van der Waals surface area contributed by atoms with Crippen LogP contribution in [-0.2, 0) is 0 Å². The first-order chi connectivity index (χ1) is 6.15. The first-order valence-corrected chi connectivity index (χ1v) is 5.52. The van der Waals surface area contributed by atoms with Crippen molar-refractivity contribution in [3.63, 3.8) is 0 Å². The van der Waals surface area contributed by atoms with Crippen molar-refractivity contribution in [2.75, 3.05) is 6.61 Å². The molecule has 1 rings (SSSR count). The summed E-state index contributed by atoms with van der Waals surface area (Å²) in [4.78, 5) is 0. The molecule has 0 radical (unpaired) electrons. The van der Waals surface area contributed by atoms with Gasteiger partial charge in [0, 0.05) is 18.7 Å². The Morgan fingerprint density at radius 3 is 2.31 bits per heavy atom. The average Bonchev–Trinajstić information content (AvgIpc) is 2.82. The highest BCUT2D eigenvalue weighted by Gasteiger charge is 2.33. The van der Waals surface area contributed by atoms with Crippen molar-refractivity contribution in [3.05, 3.63) is 0 Å². The molecule has 1 aliphatic rings. The molecule has 2 atom stereocenters. The highest BCUT2D eigenvalue weighted by molar-refractivity contribution is 4.89. The minimum atomic E-state index is 0.295. The largest absolute Gasteiger partial charge is 0.396 e. The normalized spacial score (nSPS) is 21.9. The lowest BCUT2D eigenvalue weighted by Gasteiger charge is -2.26. The smallest absolute Gasteiger partial charge is 0.0445 e. The lowest BCUT2D eigenvalue weighted by molar-refractivity contribution is 0.248. The summed E-state index contributed by atoms with van der Waals surface area (Å²) in [5.41, 5.74) is 0. The van der Waals surface area contributed by atoms with Gasteiger partial charge in [0.2, 0.25) is 0 Å². The number of hydrogen-bond acceptors (Lipinski definition) is 2. The summed E-state index contributed by atoms with van der Waals surface area (Å²) >= 11 is 0. The quantitative estimate of drug-likeness (QED) is 0.661. The van der Waals surface area contributed by atoms with Crippen LogP contribution >= 0.6 is 0 Å². The van der Waals surface area contributed by atoms with E-state index in [-0.39, 0.29) is 0 Å². The van der Waals surface area contributed by atoms with Crippen LogP contribution in [0.15, 0.2) is 0 Å². The predicted molar refractivity (Wildman–Crippen MR) is 55.7 cm³/mol. The van der Waals surface area contributed by atoms with Gasteiger partial charge in [-0.3, -0.25) is 0 Å². The van der Waals surface area contributed by atoms with Gasteiger partial charge in [0.15, 0.2) is 0 Å². The molecule has 0 amide bonds. The Morgan fingerprint density at radius 1 is 1.31 bits per heavy atom. The zero-order valence-corrected chi connectivity index (χ0v) is 9.09. The molecule has 13 heavy (non-hydrogen) atoms. The second kappa shape index (κ2) is 4.97. The van der Waals surface area contributed by atoms with E-state index < -0.39 is 0 Å². The standard InChI is InChI=1S/C11H23NO/c1-8(2)11(10-4-5-10)12-9(3)6-7-13/h8-13H,4-7H2,1-3H3. The van der Waals surface area contributed by atoms with Gasteiger partial charge in [-0.1, -0.05) is 13.8 Å². The lowest BCUT2D eigenvalue weighted by atomic mass is 9.98. The third kappa shape index (κ3) is 3.65. The van der Waals surface area contributed by atoms with E-state index in [9.17, 15) is 0 Å². The Morgan fingerprint density at radius 2 is 1.92 bits per heavy atom. The van der Waals surface area contributed by atoms with Gasteiger partial charge in [0.05, 0.1) is 0 Å². The summed E-state index contributed by atoms with van der Waals surface area (Å²) in [7, 11) is 0. The second-order valence-electron chi connectivity index (χ2n) is 4.69. The van der Waals surface area contributed by atoms with Crippen molar-refractivity contribution in [2.24, 2.45) is 11.8 Å². The minimum absolute atomic E-state index is 0.295. The van der Waals surface area contributed by atoms with E-state index in [1.165, 1.54) is 12.8 Å². The molecule has 0 bridgehead atoms. The summed E-state index contributed by atoms with van der Waals surface area (Å²) in [6.45, 7) is 7.01. The van der Waals surface area contributed by atoms with E-state index in [1.54, 1.807) is 0 Å². The van der Waals surface area contributed by atoms with Gasteiger partial charge in [0.1, 0.15) is 0 Å². The fraction of sp³-hybridized carbons (Fsp3) is 1.00. The molecule has 2 heteroatoms. The van der Waals surface area contributed by atoms with E-state index in [0.717, 1.165) is 12.3 Å². The maximum absolute atomic E-state index is 8.80. The van der Waals surface area contributed by atoms with E-state index in [2.05, 4.69) is 26.1 Å². The monoisotopic (exact) mass is 185 g/mol. The molecule has 2 N–H and O–H groups in total. The van der Waals surface area contributed by atoms with Gasteiger partial charge in [-0.15, -0.1) is 0 Å². The molecule has 2 nitrogen and oxygen atoms in total. The molecule has 2 unspecified atom stereocenters. The third-order valence-corrected chi connectivity index (χ3v) is 2.89.